The lowest BCUT2D eigenvalue weighted by molar-refractivity contribution is -0.113. The summed E-state index contributed by atoms with van der Waals surface area (Å²) < 4.78 is 0. The lowest BCUT2D eigenvalue weighted by atomic mass is 10.1. The number of nitrogens with two attached hydrogens (primary N) is 1. The predicted molar refractivity (Wildman–Crippen MR) is 90.3 cm³/mol. The SMILES string of the molecule is NC1Cc2sc(NC(=O)CSc3ccccn3)c(C(=O)O)c2C1. The molecule has 0 saturated carbocycles. The van der Waals surface area contributed by atoms with Crippen molar-refractivity contribution in [2.45, 2.75) is 23.9 Å². The Morgan fingerprint density at radius 1 is 1.43 bits per heavy atom. The molecule has 120 valence electrons. The number of carboxylic acids is 1. The van der Waals surface area contributed by atoms with Crippen molar-refractivity contribution in [3.05, 3.63) is 40.4 Å². The van der Waals surface area contributed by atoms with E-state index in [9.17, 15) is 14.7 Å². The molecule has 2 aromatic heterocycles. The van der Waals surface area contributed by atoms with Gasteiger partial charge in [0.05, 0.1) is 16.3 Å². The van der Waals surface area contributed by atoms with E-state index in [0.29, 0.717) is 17.8 Å². The highest BCUT2D eigenvalue weighted by Crippen LogP contribution is 2.38. The molecule has 1 unspecified atom stereocenters. The minimum atomic E-state index is -1.02. The maximum Gasteiger partial charge on any atom is 0.339 e. The lowest BCUT2D eigenvalue weighted by Crippen LogP contribution is -2.20. The van der Waals surface area contributed by atoms with Crippen LogP contribution in [0.3, 0.4) is 0 Å². The summed E-state index contributed by atoms with van der Waals surface area (Å²) in [6, 6.07) is 5.45. The van der Waals surface area contributed by atoms with Crippen molar-refractivity contribution in [2.75, 3.05) is 11.1 Å². The summed E-state index contributed by atoms with van der Waals surface area (Å²) in [6.45, 7) is 0. The van der Waals surface area contributed by atoms with E-state index in [0.717, 1.165) is 15.5 Å². The number of aromatic nitrogens is 1. The first-order valence-electron chi connectivity index (χ1n) is 7.01. The fourth-order valence-corrected chi connectivity index (χ4v) is 4.51. The van der Waals surface area contributed by atoms with E-state index < -0.39 is 5.97 Å². The average molecular weight is 349 g/mol. The van der Waals surface area contributed by atoms with Crippen molar-refractivity contribution in [3.63, 3.8) is 0 Å². The Kier molecular flexibility index (Phi) is 4.65. The molecule has 2 heterocycles. The molecule has 0 aliphatic heterocycles. The molecule has 0 saturated heterocycles. The number of fused-ring (bicyclic) bond motifs is 1. The van der Waals surface area contributed by atoms with E-state index >= 15 is 0 Å². The molecule has 23 heavy (non-hydrogen) atoms. The number of hydrogen-bond acceptors (Lipinski definition) is 6. The first-order valence-corrected chi connectivity index (χ1v) is 8.82. The van der Waals surface area contributed by atoms with Crippen LogP contribution in [0.25, 0.3) is 0 Å². The third-order valence-corrected chi connectivity index (χ3v) is 5.57. The molecule has 1 amide bonds. The molecule has 4 N–H and O–H groups in total. The van der Waals surface area contributed by atoms with Crippen LogP contribution in [-0.2, 0) is 17.6 Å². The minimum absolute atomic E-state index is 0.0289. The van der Waals surface area contributed by atoms with Gasteiger partial charge in [-0.3, -0.25) is 4.79 Å². The van der Waals surface area contributed by atoms with E-state index in [-0.39, 0.29) is 23.3 Å². The normalized spacial score (nSPS) is 16.1. The highest BCUT2D eigenvalue weighted by Gasteiger charge is 2.30. The molecule has 0 radical (unpaired) electrons. The Labute approximate surface area is 141 Å². The number of nitrogens with zero attached hydrogens (tertiary/aromatic N) is 1. The van der Waals surface area contributed by atoms with E-state index in [1.54, 1.807) is 12.3 Å². The highest BCUT2D eigenvalue weighted by atomic mass is 32.2. The summed E-state index contributed by atoms with van der Waals surface area (Å²) in [5.41, 5.74) is 6.83. The van der Waals surface area contributed by atoms with Crippen LogP contribution in [0.1, 0.15) is 20.8 Å². The summed E-state index contributed by atoms with van der Waals surface area (Å²) in [5, 5.41) is 13.3. The number of carbonyl (C=O) groups excluding carboxylic acids is 1. The summed E-state index contributed by atoms with van der Waals surface area (Å²) in [4.78, 5) is 28.7. The van der Waals surface area contributed by atoms with Crippen LogP contribution in [0.4, 0.5) is 5.00 Å². The largest absolute Gasteiger partial charge is 0.478 e. The van der Waals surface area contributed by atoms with Crippen molar-refractivity contribution in [1.29, 1.82) is 0 Å². The molecule has 0 bridgehead atoms. The average Bonchev–Trinajstić information content (AvgIpc) is 3.01. The standard InChI is InChI=1S/C15H15N3O3S2/c16-8-5-9-10(6-8)23-14(13(9)15(20)21)18-11(19)7-22-12-3-1-2-4-17-12/h1-4,8H,5-7,16H2,(H,18,19)(H,20,21). The van der Waals surface area contributed by atoms with Gasteiger partial charge in [-0.2, -0.15) is 0 Å². The Bertz CT molecular complexity index is 746. The van der Waals surface area contributed by atoms with E-state index in [1.807, 2.05) is 12.1 Å². The van der Waals surface area contributed by atoms with Gasteiger partial charge in [0.15, 0.2) is 0 Å². The van der Waals surface area contributed by atoms with Crippen LogP contribution in [-0.4, -0.2) is 33.8 Å². The maximum absolute atomic E-state index is 12.1. The molecule has 2 aromatic rings. The van der Waals surface area contributed by atoms with Crippen molar-refractivity contribution in [3.8, 4) is 0 Å². The number of amides is 1. The van der Waals surface area contributed by atoms with E-state index in [1.165, 1.54) is 23.1 Å². The summed E-state index contributed by atoms with van der Waals surface area (Å²) in [7, 11) is 0. The second-order valence-corrected chi connectivity index (χ2v) is 7.29. The first kappa shape index (κ1) is 16.0. The highest BCUT2D eigenvalue weighted by molar-refractivity contribution is 7.99. The zero-order chi connectivity index (χ0) is 16.4. The van der Waals surface area contributed by atoms with Crippen LogP contribution in [0.2, 0.25) is 0 Å². The minimum Gasteiger partial charge on any atom is -0.478 e. The Balaban J connectivity index is 1.69. The van der Waals surface area contributed by atoms with Crippen molar-refractivity contribution < 1.29 is 14.7 Å². The zero-order valence-electron chi connectivity index (χ0n) is 12.1. The van der Waals surface area contributed by atoms with Crippen LogP contribution in [0.5, 0.6) is 0 Å². The second-order valence-electron chi connectivity index (χ2n) is 5.19. The molecule has 0 aromatic carbocycles. The van der Waals surface area contributed by atoms with Gasteiger partial charge in [-0.25, -0.2) is 9.78 Å². The van der Waals surface area contributed by atoms with Crippen LogP contribution >= 0.6 is 23.1 Å². The van der Waals surface area contributed by atoms with Crippen molar-refractivity contribution in [2.24, 2.45) is 5.73 Å². The predicted octanol–water partition coefficient (Wildman–Crippen LogP) is 2.00. The molecule has 1 aliphatic carbocycles. The molecule has 1 atom stereocenters. The topological polar surface area (TPSA) is 105 Å². The van der Waals surface area contributed by atoms with Crippen molar-refractivity contribution in [1.82, 2.24) is 4.98 Å². The summed E-state index contributed by atoms with van der Waals surface area (Å²) >= 11 is 2.62. The Morgan fingerprint density at radius 2 is 2.26 bits per heavy atom. The maximum atomic E-state index is 12.1. The molecule has 0 fully saturated rings. The van der Waals surface area contributed by atoms with Gasteiger partial charge < -0.3 is 16.2 Å². The number of hydrogen-bond donors (Lipinski definition) is 3. The first-order chi connectivity index (χ1) is 11.0. The van der Waals surface area contributed by atoms with Crippen LogP contribution in [0, 0.1) is 0 Å². The molecule has 0 spiro atoms. The third kappa shape index (κ3) is 3.54. The fourth-order valence-electron chi connectivity index (χ4n) is 2.51. The number of pyridine rings is 1. The number of carbonyl (C=O) groups is 2. The molecule has 3 rings (SSSR count). The molecule has 8 heteroatoms. The summed E-state index contributed by atoms with van der Waals surface area (Å²) in [5.74, 6) is -1.09. The Morgan fingerprint density at radius 3 is 2.96 bits per heavy atom. The molecular formula is C15H15N3O3S2. The van der Waals surface area contributed by atoms with Crippen LogP contribution < -0.4 is 11.1 Å². The number of nitrogens with one attached hydrogen (secondary N) is 1. The number of thiophene rings is 1. The van der Waals surface area contributed by atoms with E-state index in [2.05, 4.69) is 10.3 Å². The van der Waals surface area contributed by atoms with Gasteiger partial charge in [-0.05, 0) is 30.5 Å². The molecule has 6 nitrogen and oxygen atoms in total. The van der Waals surface area contributed by atoms with Gasteiger partial charge in [0.25, 0.3) is 0 Å². The number of aromatic carboxylic acids is 1. The summed E-state index contributed by atoms with van der Waals surface area (Å²) in [6.07, 6.45) is 2.88. The molecule has 1 aliphatic rings. The van der Waals surface area contributed by atoms with E-state index in [4.69, 9.17) is 5.73 Å². The van der Waals surface area contributed by atoms with Gasteiger partial charge >= 0.3 is 5.97 Å². The quantitative estimate of drug-likeness (QED) is 0.713. The monoisotopic (exact) mass is 349 g/mol. The fraction of sp³-hybridized carbons (Fsp3) is 0.267. The number of thioether (sulfide) groups is 1. The van der Waals surface area contributed by atoms with Gasteiger partial charge in [0.2, 0.25) is 5.91 Å². The third-order valence-electron chi connectivity index (χ3n) is 3.46. The lowest BCUT2D eigenvalue weighted by Gasteiger charge is -2.06. The second kappa shape index (κ2) is 6.69. The van der Waals surface area contributed by atoms with Gasteiger partial charge in [0.1, 0.15) is 5.00 Å². The van der Waals surface area contributed by atoms with Gasteiger partial charge in [-0.15, -0.1) is 11.3 Å². The molecular weight excluding hydrogens is 334 g/mol. The van der Waals surface area contributed by atoms with Crippen LogP contribution in [0.15, 0.2) is 29.4 Å². The van der Waals surface area contributed by atoms with Gasteiger partial charge in [0, 0.05) is 17.1 Å². The number of carboxylic acid groups (broad SMARTS) is 1. The zero-order valence-corrected chi connectivity index (χ0v) is 13.7. The Hall–Kier alpha value is -1.90. The number of anilines is 1. The number of rotatable bonds is 5. The smallest absolute Gasteiger partial charge is 0.339 e. The van der Waals surface area contributed by atoms with Crippen molar-refractivity contribution >= 4 is 40.0 Å². The van der Waals surface area contributed by atoms with Gasteiger partial charge in [-0.1, -0.05) is 17.8 Å².